The van der Waals surface area contributed by atoms with Crippen molar-refractivity contribution in [3.05, 3.63) is 58.1 Å². The van der Waals surface area contributed by atoms with Gasteiger partial charge in [-0.3, -0.25) is 4.79 Å². The Kier molecular flexibility index (Phi) is 5.37. The number of benzene rings is 2. The van der Waals surface area contributed by atoms with E-state index in [-0.39, 0.29) is 11.7 Å². The first-order valence-corrected chi connectivity index (χ1v) is 8.86. The molecule has 7 heteroatoms. The summed E-state index contributed by atoms with van der Waals surface area (Å²) in [6.45, 7) is 5.70. The van der Waals surface area contributed by atoms with E-state index in [4.69, 9.17) is 9.37 Å². The molecule has 3 aromatic rings. The normalized spacial score (nSPS) is 11.8. The lowest BCUT2D eigenvalue weighted by Crippen LogP contribution is -2.30. The van der Waals surface area contributed by atoms with Crippen molar-refractivity contribution in [2.24, 2.45) is 0 Å². The highest BCUT2D eigenvalue weighted by Gasteiger charge is 2.20. The molecule has 2 aromatic carbocycles. The van der Waals surface area contributed by atoms with Gasteiger partial charge in [0.2, 0.25) is 5.82 Å². The molecule has 0 aliphatic rings. The number of rotatable bonds is 5. The molecule has 26 heavy (non-hydrogen) atoms. The SMILES string of the molecule is Cc1ccc(OC(C)C(=O)Nc2nonc2-c2ccc(Br)cc2)cc1C. The van der Waals surface area contributed by atoms with Gasteiger partial charge in [-0.05, 0) is 66.5 Å². The van der Waals surface area contributed by atoms with Gasteiger partial charge < -0.3 is 10.1 Å². The average molecular weight is 416 g/mol. The highest BCUT2D eigenvalue weighted by molar-refractivity contribution is 9.10. The minimum atomic E-state index is -0.702. The van der Waals surface area contributed by atoms with Gasteiger partial charge in [-0.2, -0.15) is 0 Å². The number of amides is 1. The third-order valence-electron chi connectivity index (χ3n) is 4.01. The van der Waals surface area contributed by atoms with Crippen LogP contribution in [0.4, 0.5) is 5.82 Å². The lowest BCUT2D eigenvalue weighted by Gasteiger charge is -2.15. The summed E-state index contributed by atoms with van der Waals surface area (Å²) in [6.07, 6.45) is -0.702. The molecule has 0 saturated heterocycles. The fourth-order valence-corrected chi connectivity index (χ4v) is 2.60. The molecule has 0 aliphatic carbocycles. The number of aryl methyl sites for hydroxylation is 2. The third-order valence-corrected chi connectivity index (χ3v) is 4.54. The van der Waals surface area contributed by atoms with Gasteiger partial charge in [0, 0.05) is 10.0 Å². The zero-order valence-corrected chi connectivity index (χ0v) is 16.2. The van der Waals surface area contributed by atoms with Gasteiger partial charge in [-0.25, -0.2) is 4.63 Å². The van der Waals surface area contributed by atoms with Gasteiger partial charge in [0.1, 0.15) is 5.75 Å². The molecule has 0 bridgehead atoms. The molecular formula is C19H18BrN3O3. The molecule has 1 amide bonds. The molecule has 1 atom stereocenters. The quantitative estimate of drug-likeness (QED) is 0.662. The van der Waals surface area contributed by atoms with Crippen LogP contribution in [0, 0.1) is 13.8 Å². The Balaban J connectivity index is 1.71. The van der Waals surface area contributed by atoms with Crippen LogP contribution in [-0.2, 0) is 4.79 Å². The minimum Gasteiger partial charge on any atom is -0.481 e. The predicted octanol–water partition coefficient (Wildman–Crippen LogP) is 4.52. The molecule has 1 unspecified atom stereocenters. The van der Waals surface area contributed by atoms with Crippen molar-refractivity contribution >= 4 is 27.7 Å². The Hall–Kier alpha value is -2.67. The van der Waals surface area contributed by atoms with Crippen LogP contribution in [0.25, 0.3) is 11.3 Å². The molecule has 0 spiro atoms. The van der Waals surface area contributed by atoms with E-state index < -0.39 is 6.10 Å². The van der Waals surface area contributed by atoms with Gasteiger partial charge in [-0.15, -0.1) is 0 Å². The first kappa shape index (κ1) is 18.1. The number of nitrogens with zero attached hydrogens (tertiary/aromatic N) is 2. The molecule has 134 valence electrons. The Morgan fingerprint density at radius 2 is 1.85 bits per heavy atom. The van der Waals surface area contributed by atoms with Crippen molar-refractivity contribution < 1.29 is 14.2 Å². The van der Waals surface area contributed by atoms with Gasteiger partial charge >= 0.3 is 0 Å². The molecular weight excluding hydrogens is 398 g/mol. The van der Waals surface area contributed by atoms with Crippen LogP contribution >= 0.6 is 15.9 Å². The number of carbonyl (C=O) groups is 1. The van der Waals surface area contributed by atoms with E-state index in [1.54, 1.807) is 6.92 Å². The maximum Gasteiger partial charge on any atom is 0.266 e. The molecule has 0 aliphatic heterocycles. The monoisotopic (exact) mass is 415 g/mol. The number of anilines is 1. The summed E-state index contributed by atoms with van der Waals surface area (Å²) in [6, 6.07) is 13.2. The summed E-state index contributed by atoms with van der Waals surface area (Å²) in [7, 11) is 0. The molecule has 1 N–H and O–H groups in total. The average Bonchev–Trinajstić information content (AvgIpc) is 3.07. The van der Waals surface area contributed by atoms with E-state index in [9.17, 15) is 4.79 Å². The maximum atomic E-state index is 12.5. The molecule has 0 fully saturated rings. The zero-order chi connectivity index (χ0) is 18.7. The van der Waals surface area contributed by atoms with Crippen LogP contribution in [0.5, 0.6) is 5.75 Å². The van der Waals surface area contributed by atoms with Crippen molar-refractivity contribution in [2.75, 3.05) is 5.32 Å². The molecule has 0 saturated carbocycles. The van der Waals surface area contributed by atoms with Crippen LogP contribution in [0.1, 0.15) is 18.1 Å². The van der Waals surface area contributed by atoms with Crippen molar-refractivity contribution in [2.45, 2.75) is 26.9 Å². The fourth-order valence-electron chi connectivity index (χ4n) is 2.33. The standard InChI is InChI=1S/C19H18BrN3O3/c1-11-4-9-16(10-12(11)2)25-13(3)19(24)21-18-17(22-26-23-18)14-5-7-15(20)8-6-14/h4-10,13H,1-3H3,(H,21,23,24). The second kappa shape index (κ2) is 7.70. The van der Waals surface area contributed by atoms with Gasteiger partial charge in [-0.1, -0.05) is 34.1 Å². The molecule has 6 nitrogen and oxygen atoms in total. The Morgan fingerprint density at radius 1 is 1.12 bits per heavy atom. The topological polar surface area (TPSA) is 77.2 Å². The zero-order valence-electron chi connectivity index (χ0n) is 14.6. The van der Waals surface area contributed by atoms with E-state index >= 15 is 0 Å². The highest BCUT2D eigenvalue weighted by atomic mass is 79.9. The van der Waals surface area contributed by atoms with E-state index in [0.29, 0.717) is 11.4 Å². The smallest absolute Gasteiger partial charge is 0.266 e. The summed E-state index contributed by atoms with van der Waals surface area (Å²) in [5.41, 5.74) is 3.52. The van der Waals surface area contributed by atoms with E-state index in [1.165, 1.54) is 5.56 Å². The number of carbonyl (C=O) groups excluding carboxylic acids is 1. The number of nitrogens with one attached hydrogen (secondary N) is 1. The Labute approximate surface area is 159 Å². The highest BCUT2D eigenvalue weighted by Crippen LogP contribution is 2.26. The molecule has 0 radical (unpaired) electrons. The van der Waals surface area contributed by atoms with Gasteiger partial charge in [0.15, 0.2) is 11.8 Å². The minimum absolute atomic E-state index is 0.257. The van der Waals surface area contributed by atoms with Crippen LogP contribution < -0.4 is 10.1 Å². The Bertz CT molecular complexity index is 922. The van der Waals surface area contributed by atoms with Crippen LogP contribution in [0.15, 0.2) is 51.6 Å². The van der Waals surface area contributed by atoms with Crippen molar-refractivity contribution in [1.82, 2.24) is 10.3 Å². The number of hydrogen-bond acceptors (Lipinski definition) is 5. The number of aromatic nitrogens is 2. The second-order valence-corrected chi connectivity index (χ2v) is 6.88. The van der Waals surface area contributed by atoms with Crippen LogP contribution in [0.2, 0.25) is 0 Å². The summed E-state index contributed by atoms with van der Waals surface area (Å²) >= 11 is 3.38. The van der Waals surface area contributed by atoms with Crippen LogP contribution in [0.3, 0.4) is 0 Å². The predicted molar refractivity (Wildman–Crippen MR) is 102 cm³/mol. The molecule has 3 rings (SSSR count). The van der Waals surface area contributed by atoms with E-state index in [2.05, 4.69) is 31.6 Å². The van der Waals surface area contributed by atoms with E-state index in [1.807, 2.05) is 56.3 Å². The fraction of sp³-hybridized carbons (Fsp3) is 0.211. The van der Waals surface area contributed by atoms with Gasteiger partial charge in [0.05, 0.1) is 0 Å². The van der Waals surface area contributed by atoms with Crippen molar-refractivity contribution in [3.63, 3.8) is 0 Å². The first-order valence-electron chi connectivity index (χ1n) is 8.07. The van der Waals surface area contributed by atoms with Crippen molar-refractivity contribution in [3.8, 4) is 17.0 Å². The summed E-state index contributed by atoms with van der Waals surface area (Å²) in [5, 5.41) is 10.4. The van der Waals surface area contributed by atoms with E-state index in [0.717, 1.165) is 15.6 Å². The van der Waals surface area contributed by atoms with Crippen LogP contribution in [-0.4, -0.2) is 22.3 Å². The summed E-state index contributed by atoms with van der Waals surface area (Å²) in [4.78, 5) is 12.5. The number of ether oxygens (including phenoxy) is 1. The maximum absolute atomic E-state index is 12.5. The number of halogens is 1. The third kappa shape index (κ3) is 4.11. The Morgan fingerprint density at radius 3 is 2.54 bits per heavy atom. The molecule has 1 heterocycles. The number of hydrogen-bond donors (Lipinski definition) is 1. The van der Waals surface area contributed by atoms with Crippen molar-refractivity contribution in [1.29, 1.82) is 0 Å². The first-order chi connectivity index (χ1) is 12.4. The lowest BCUT2D eigenvalue weighted by atomic mass is 10.1. The summed E-state index contributed by atoms with van der Waals surface area (Å²) in [5.74, 6) is 0.562. The largest absolute Gasteiger partial charge is 0.481 e. The summed E-state index contributed by atoms with van der Waals surface area (Å²) < 4.78 is 11.5. The second-order valence-electron chi connectivity index (χ2n) is 5.96. The lowest BCUT2D eigenvalue weighted by molar-refractivity contribution is -0.122. The van der Waals surface area contributed by atoms with Gasteiger partial charge in [0.25, 0.3) is 5.91 Å². The molecule has 1 aromatic heterocycles.